The van der Waals surface area contributed by atoms with Crippen molar-refractivity contribution in [1.29, 1.82) is 0 Å². The van der Waals surface area contributed by atoms with Crippen molar-refractivity contribution in [1.82, 2.24) is 9.97 Å². The van der Waals surface area contributed by atoms with Crippen LogP contribution in [0.3, 0.4) is 0 Å². The molecule has 1 aromatic heterocycles. The Hall–Kier alpha value is -3.23. The minimum absolute atomic E-state index is 0.0450. The number of ether oxygens (including phenoxy) is 1. The molecule has 9 heteroatoms. The summed E-state index contributed by atoms with van der Waals surface area (Å²) in [6, 6.07) is 6.66. The Balaban J connectivity index is 1.99. The van der Waals surface area contributed by atoms with Gasteiger partial charge in [0.1, 0.15) is 6.33 Å². The smallest absolute Gasteiger partial charge is 0.353 e. The van der Waals surface area contributed by atoms with Crippen LogP contribution in [-0.4, -0.2) is 40.6 Å². The van der Waals surface area contributed by atoms with Gasteiger partial charge in [-0.25, -0.2) is 14.8 Å². The SMILES string of the molecule is CCOC(=O)c1ccccc1Nc1ncnc(N2CCCC2)c1[N+](=O)[O-]. The second kappa shape index (κ2) is 7.77. The monoisotopic (exact) mass is 357 g/mol. The molecule has 2 heterocycles. The normalized spacial score (nSPS) is 13.5. The highest BCUT2D eigenvalue weighted by molar-refractivity contribution is 5.96. The number of anilines is 3. The molecule has 1 aliphatic rings. The van der Waals surface area contributed by atoms with Crippen molar-refractivity contribution in [2.75, 3.05) is 29.9 Å². The highest BCUT2D eigenvalue weighted by Crippen LogP contribution is 2.35. The molecule has 0 saturated carbocycles. The van der Waals surface area contributed by atoms with Crippen molar-refractivity contribution in [3.63, 3.8) is 0 Å². The third-order valence-corrected chi connectivity index (χ3v) is 4.07. The second-order valence-corrected chi connectivity index (χ2v) is 5.74. The first-order valence-corrected chi connectivity index (χ1v) is 8.39. The van der Waals surface area contributed by atoms with Crippen molar-refractivity contribution in [2.24, 2.45) is 0 Å². The molecule has 0 bridgehead atoms. The fraction of sp³-hybridized carbons (Fsp3) is 0.353. The van der Waals surface area contributed by atoms with E-state index in [0.29, 0.717) is 11.5 Å². The molecule has 0 atom stereocenters. The quantitative estimate of drug-likeness (QED) is 0.477. The molecule has 0 spiro atoms. The van der Waals surface area contributed by atoms with E-state index in [2.05, 4.69) is 15.3 Å². The van der Waals surface area contributed by atoms with Gasteiger partial charge in [0, 0.05) is 13.1 Å². The Morgan fingerprint density at radius 2 is 2.04 bits per heavy atom. The number of carbonyl (C=O) groups is 1. The second-order valence-electron chi connectivity index (χ2n) is 5.74. The van der Waals surface area contributed by atoms with Crippen LogP contribution in [0.1, 0.15) is 30.1 Å². The lowest BCUT2D eigenvalue weighted by Gasteiger charge is -2.17. The zero-order valence-electron chi connectivity index (χ0n) is 14.3. The Kier molecular flexibility index (Phi) is 5.26. The van der Waals surface area contributed by atoms with E-state index in [9.17, 15) is 14.9 Å². The molecule has 1 saturated heterocycles. The average Bonchev–Trinajstić information content (AvgIpc) is 3.16. The largest absolute Gasteiger partial charge is 0.462 e. The minimum atomic E-state index is -0.507. The summed E-state index contributed by atoms with van der Waals surface area (Å²) >= 11 is 0. The summed E-state index contributed by atoms with van der Waals surface area (Å²) in [5.74, 6) is -0.172. The third-order valence-electron chi connectivity index (χ3n) is 4.07. The number of aromatic nitrogens is 2. The van der Waals surface area contributed by atoms with Gasteiger partial charge in [-0.15, -0.1) is 0 Å². The molecule has 1 aliphatic heterocycles. The zero-order chi connectivity index (χ0) is 18.5. The molecule has 0 unspecified atom stereocenters. The summed E-state index contributed by atoms with van der Waals surface area (Å²) in [6.07, 6.45) is 3.22. The number of benzene rings is 1. The van der Waals surface area contributed by atoms with E-state index in [1.165, 1.54) is 6.33 Å². The molecule has 1 N–H and O–H groups in total. The van der Waals surface area contributed by atoms with Gasteiger partial charge >= 0.3 is 11.7 Å². The maximum absolute atomic E-state index is 12.1. The standard InChI is InChI=1S/C17H19N5O4/c1-2-26-17(23)12-7-3-4-8-13(12)20-15-14(22(24)25)16(19-11-18-15)21-9-5-6-10-21/h3-4,7-8,11H,2,5-6,9-10H2,1H3,(H,18,19,20). The molecule has 136 valence electrons. The number of hydrogen-bond acceptors (Lipinski definition) is 8. The number of rotatable bonds is 6. The Labute approximate surface area is 150 Å². The molecule has 0 amide bonds. The number of para-hydroxylation sites is 1. The van der Waals surface area contributed by atoms with E-state index in [-0.39, 0.29) is 23.7 Å². The van der Waals surface area contributed by atoms with Crippen LogP contribution in [0.25, 0.3) is 0 Å². The summed E-state index contributed by atoms with van der Waals surface area (Å²) in [6.45, 7) is 3.39. The van der Waals surface area contributed by atoms with Gasteiger partial charge in [0.15, 0.2) is 0 Å². The topological polar surface area (TPSA) is 110 Å². The Morgan fingerprint density at radius 1 is 1.31 bits per heavy atom. The van der Waals surface area contributed by atoms with E-state index in [1.807, 2.05) is 4.90 Å². The van der Waals surface area contributed by atoms with Crippen molar-refractivity contribution in [2.45, 2.75) is 19.8 Å². The number of hydrogen-bond donors (Lipinski definition) is 1. The van der Waals surface area contributed by atoms with Crippen LogP contribution >= 0.6 is 0 Å². The predicted octanol–water partition coefficient (Wildman–Crippen LogP) is 2.91. The average molecular weight is 357 g/mol. The molecule has 26 heavy (non-hydrogen) atoms. The molecular weight excluding hydrogens is 338 g/mol. The fourth-order valence-corrected chi connectivity index (χ4v) is 2.90. The van der Waals surface area contributed by atoms with Crippen LogP contribution < -0.4 is 10.2 Å². The highest BCUT2D eigenvalue weighted by Gasteiger charge is 2.29. The highest BCUT2D eigenvalue weighted by atomic mass is 16.6. The summed E-state index contributed by atoms with van der Waals surface area (Å²) in [5.41, 5.74) is 0.471. The number of carbonyl (C=O) groups excluding carboxylic acids is 1. The summed E-state index contributed by atoms with van der Waals surface area (Å²) in [7, 11) is 0. The van der Waals surface area contributed by atoms with Gasteiger partial charge in [-0.3, -0.25) is 10.1 Å². The van der Waals surface area contributed by atoms with Crippen LogP contribution in [0.15, 0.2) is 30.6 Å². The maximum Gasteiger partial charge on any atom is 0.353 e. The summed E-state index contributed by atoms with van der Waals surface area (Å²) in [5, 5.41) is 14.6. The van der Waals surface area contributed by atoms with Gasteiger partial charge in [0.25, 0.3) is 0 Å². The fourth-order valence-electron chi connectivity index (χ4n) is 2.90. The van der Waals surface area contributed by atoms with E-state index in [4.69, 9.17) is 4.74 Å². The lowest BCUT2D eigenvalue weighted by atomic mass is 10.2. The van der Waals surface area contributed by atoms with Crippen molar-refractivity contribution in [3.8, 4) is 0 Å². The van der Waals surface area contributed by atoms with Gasteiger partial charge in [0.2, 0.25) is 11.6 Å². The van der Waals surface area contributed by atoms with Gasteiger partial charge in [-0.05, 0) is 31.9 Å². The van der Waals surface area contributed by atoms with Crippen LogP contribution in [0.2, 0.25) is 0 Å². The molecule has 3 rings (SSSR count). The first-order chi connectivity index (χ1) is 12.6. The maximum atomic E-state index is 12.1. The van der Waals surface area contributed by atoms with E-state index < -0.39 is 10.9 Å². The van der Waals surface area contributed by atoms with Crippen molar-refractivity contribution < 1.29 is 14.5 Å². The van der Waals surface area contributed by atoms with Crippen molar-refractivity contribution in [3.05, 3.63) is 46.3 Å². The summed E-state index contributed by atoms with van der Waals surface area (Å²) < 4.78 is 5.04. The van der Waals surface area contributed by atoms with Crippen LogP contribution in [0.5, 0.6) is 0 Å². The molecular formula is C17H19N5O4. The van der Waals surface area contributed by atoms with Crippen LogP contribution in [-0.2, 0) is 4.74 Å². The third kappa shape index (κ3) is 3.56. The van der Waals surface area contributed by atoms with Gasteiger partial charge in [-0.1, -0.05) is 12.1 Å². The molecule has 0 aliphatic carbocycles. The number of nitro groups is 1. The Morgan fingerprint density at radius 3 is 2.73 bits per heavy atom. The number of nitrogens with zero attached hydrogens (tertiary/aromatic N) is 4. The van der Waals surface area contributed by atoms with Gasteiger partial charge in [0.05, 0.1) is 22.8 Å². The molecule has 1 aromatic carbocycles. The molecule has 9 nitrogen and oxygen atoms in total. The van der Waals surface area contributed by atoms with E-state index >= 15 is 0 Å². The first-order valence-electron chi connectivity index (χ1n) is 8.39. The molecule has 2 aromatic rings. The lowest BCUT2D eigenvalue weighted by Crippen LogP contribution is -2.21. The Bertz CT molecular complexity index is 821. The molecule has 1 fully saturated rings. The zero-order valence-corrected chi connectivity index (χ0v) is 14.3. The van der Waals surface area contributed by atoms with Gasteiger partial charge < -0.3 is 15.0 Å². The number of esters is 1. The number of nitrogens with one attached hydrogen (secondary N) is 1. The molecule has 0 radical (unpaired) electrons. The predicted molar refractivity (Wildman–Crippen MR) is 95.8 cm³/mol. The lowest BCUT2D eigenvalue weighted by molar-refractivity contribution is -0.383. The van der Waals surface area contributed by atoms with E-state index in [1.54, 1.807) is 31.2 Å². The minimum Gasteiger partial charge on any atom is -0.462 e. The summed E-state index contributed by atoms with van der Waals surface area (Å²) in [4.78, 5) is 33.3. The van der Waals surface area contributed by atoms with Crippen molar-refractivity contribution >= 4 is 29.0 Å². The van der Waals surface area contributed by atoms with Gasteiger partial charge in [-0.2, -0.15) is 0 Å². The van der Waals surface area contributed by atoms with Crippen LogP contribution in [0.4, 0.5) is 23.0 Å². The van der Waals surface area contributed by atoms with E-state index in [0.717, 1.165) is 25.9 Å². The van der Waals surface area contributed by atoms with Crippen LogP contribution in [0, 0.1) is 10.1 Å². The first kappa shape index (κ1) is 17.6.